The first-order valence-corrected chi connectivity index (χ1v) is 7.78. The summed E-state index contributed by atoms with van der Waals surface area (Å²) >= 11 is 0. The first kappa shape index (κ1) is 17.3. The van der Waals surface area contributed by atoms with E-state index in [1.54, 1.807) is 42.5 Å². The van der Waals surface area contributed by atoms with Gasteiger partial charge < -0.3 is 19.3 Å². The highest BCUT2D eigenvalue weighted by molar-refractivity contribution is 5.86. The van der Waals surface area contributed by atoms with Crippen LogP contribution in [0.25, 0.3) is 0 Å². The van der Waals surface area contributed by atoms with Crippen molar-refractivity contribution in [2.45, 2.75) is 6.10 Å². The van der Waals surface area contributed by atoms with Gasteiger partial charge in [-0.25, -0.2) is 10.2 Å². The normalized spacial score (nSPS) is 15.5. The number of carbonyl (C=O) groups excluding carboxylic acids is 1. The highest BCUT2D eigenvalue weighted by atomic mass is 16.6. The molecule has 1 heterocycles. The van der Waals surface area contributed by atoms with Gasteiger partial charge in [0.1, 0.15) is 12.4 Å². The van der Waals surface area contributed by atoms with Gasteiger partial charge in [0.2, 0.25) is 6.10 Å². The lowest BCUT2D eigenvalue weighted by molar-refractivity contribution is -0.139. The molecule has 0 bridgehead atoms. The molecule has 0 radical (unpaired) electrons. The maximum atomic E-state index is 12.2. The zero-order valence-electron chi connectivity index (χ0n) is 13.6. The molecule has 1 aliphatic rings. The summed E-state index contributed by atoms with van der Waals surface area (Å²) in [5, 5.41) is 12.6. The summed E-state index contributed by atoms with van der Waals surface area (Å²) in [5.74, 6) is -0.113. The number of hydrazone groups is 1. The number of carbonyl (C=O) groups is 2. The van der Waals surface area contributed by atoms with E-state index in [0.29, 0.717) is 22.8 Å². The fourth-order valence-electron chi connectivity index (χ4n) is 2.24. The fraction of sp³-hybridized carbons (Fsp3) is 0.167. The number of nitrogens with zero attached hydrogens (tertiary/aromatic N) is 1. The molecule has 0 unspecified atom stereocenters. The van der Waals surface area contributed by atoms with Crippen molar-refractivity contribution in [2.24, 2.45) is 5.10 Å². The lowest BCUT2D eigenvalue weighted by atomic mass is 10.2. The number of carboxylic acids is 1. The van der Waals surface area contributed by atoms with E-state index in [0.717, 1.165) is 0 Å². The SMILES string of the molecule is O=C(O)COc1ccccc1/C=N\NC(=O)[C@H]1COc2ccccc2O1. The number of para-hydroxylation sites is 3. The summed E-state index contributed by atoms with van der Waals surface area (Å²) in [4.78, 5) is 22.8. The molecule has 26 heavy (non-hydrogen) atoms. The summed E-state index contributed by atoms with van der Waals surface area (Å²) in [7, 11) is 0. The lowest BCUT2D eigenvalue weighted by Crippen LogP contribution is -2.42. The number of hydrogen-bond acceptors (Lipinski definition) is 6. The van der Waals surface area contributed by atoms with Crippen LogP contribution in [0.5, 0.6) is 17.2 Å². The summed E-state index contributed by atoms with van der Waals surface area (Å²) in [5.41, 5.74) is 2.91. The molecule has 0 saturated heterocycles. The van der Waals surface area contributed by atoms with E-state index in [1.165, 1.54) is 6.21 Å². The van der Waals surface area contributed by atoms with E-state index in [9.17, 15) is 9.59 Å². The monoisotopic (exact) mass is 356 g/mol. The predicted octanol–water partition coefficient (Wildman–Crippen LogP) is 1.44. The van der Waals surface area contributed by atoms with Gasteiger partial charge in [-0.1, -0.05) is 24.3 Å². The Bertz CT molecular complexity index is 836. The van der Waals surface area contributed by atoms with Crippen molar-refractivity contribution in [3.8, 4) is 17.2 Å². The Morgan fingerprint density at radius 2 is 1.92 bits per heavy atom. The van der Waals surface area contributed by atoms with E-state index in [-0.39, 0.29) is 6.61 Å². The number of amides is 1. The Balaban J connectivity index is 1.59. The second-order valence-electron chi connectivity index (χ2n) is 5.32. The Hall–Kier alpha value is -3.55. The Labute approximate surface area is 149 Å². The molecule has 8 heteroatoms. The van der Waals surface area contributed by atoms with Crippen LogP contribution >= 0.6 is 0 Å². The average Bonchev–Trinajstić information content (AvgIpc) is 2.66. The molecular formula is C18H16N2O6. The van der Waals surface area contributed by atoms with Crippen molar-refractivity contribution in [3.63, 3.8) is 0 Å². The van der Waals surface area contributed by atoms with Crippen molar-refractivity contribution in [2.75, 3.05) is 13.2 Å². The van der Waals surface area contributed by atoms with Crippen molar-refractivity contribution < 1.29 is 28.9 Å². The zero-order valence-corrected chi connectivity index (χ0v) is 13.6. The number of carboxylic acid groups (broad SMARTS) is 1. The minimum Gasteiger partial charge on any atom is -0.485 e. The molecule has 0 aromatic heterocycles. The Morgan fingerprint density at radius 3 is 2.73 bits per heavy atom. The van der Waals surface area contributed by atoms with Gasteiger partial charge in [-0.15, -0.1) is 0 Å². The molecule has 0 saturated carbocycles. The highest BCUT2D eigenvalue weighted by Gasteiger charge is 2.26. The quantitative estimate of drug-likeness (QED) is 0.599. The second kappa shape index (κ2) is 8.02. The Morgan fingerprint density at radius 1 is 1.19 bits per heavy atom. The minimum atomic E-state index is -1.08. The van der Waals surface area contributed by atoms with Crippen molar-refractivity contribution in [3.05, 3.63) is 54.1 Å². The minimum absolute atomic E-state index is 0.0800. The zero-order chi connectivity index (χ0) is 18.4. The third kappa shape index (κ3) is 4.29. The number of nitrogens with one attached hydrogen (secondary N) is 1. The molecule has 0 fully saturated rings. The van der Waals surface area contributed by atoms with Crippen molar-refractivity contribution in [1.29, 1.82) is 0 Å². The maximum Gasteiger partial charge on any atom is 0.341 e. The number of benzene rings is 2. The first-order chi connectivity index (χ1) is 12.6. The van der Waals surface area contributed by atoms with Gasteiger partial charge in [0.15, 0.2) is 18.1 Å². The molecule has 2 aromatic rings. The summed E-state index contributed by atoms with van der Waals surface area (Å²) in [6.45, 7) is -0.388. The molecule has 1 amide bonds. The van der Waals surface area contributed by atoms with Gasteiger partial charge >= 0.3 is 5.97 Å². The predicted molar refractivity (Wildman–Crippen MR) is 91.7 cm³/mol. The van der Waals surface area contributed by atoms with E-state index in [1.807, 2.05) is 6.07 Å². The molecule has 2 aromatic carbocycles. The van der Waals surface area contributed by atoms with Gasteiger partial charge in [0, 0.05) is 5.56 Å². The molecule has 0 aliphatic carbocycles. The standard InChI is InChI=1S/C18H16N2O6/c21-17(22)11-25-13-6-2-1-5-12(13)9-19-20-18(23)16-10-24-14-7-3-4-8-15(14)26-16/h1-9,16H,10-11H2,(H,20,23)(H,21,22)/b19-9-/t16-/m1/s1. The first-order valence-electron chi connectivity index (χ1n) is 7.78. The van der Waals surface area contributed by atoms with Crippen LogP contribution in [0, 0.1) is 0 Å². The topological polar surface area (TPSA) is 106 Å². The number of fused-ring (bicyclic) bond motifs is 1. The summed E-state index contributed by atoms with van der Waals surface area (Å²) in [6, 6.07) is 13.8. The number of hydrogen-bond donors (Lipinski definition) is 2. The van der Waals surface area contributed by atoms with Crippen molar-refractivity contribution >= 4 is 18.1 Å². The molecule has 0 spiro atoms. The Kier molecular flexibility index (Phi) is 5.33. The largest absolute Gasteiger partial charge is 0.485 e. The molecule has 1 aliphatic heterocycles. The number of ether oxygens (including phenoxy) is 3. The maximum absolute atomic E-state index is 12.2. The van der Waals surface area contributed by atoms with Gasteiger partial charge in [0.25, 0.3) is 5.91 Å². The van der Waals surface area contributed by atoms with Crippen LogP contribution in [0.1, 0.15) is 5.56 Å². The van der Waals surface area contributed by atoms with E-state index < -0.39 is 24.6 Å². The number of rotatable bonds is 6. The lowest BCUT2D eigenvalue weighted by Gasteiger charge is -2.24. The third-order valence-electron chi connectivity index (χ3n) is 3.45. The van der Waals surface area contributed by atoms with Crippen LogP contribution < -0.4 is 19.6 Å². The molecular weight excluding hydrogens is 340 g/mol. The van der Waals surface area contributed by atoms with E-state index >= 15 is 0 Å². The summed E-state index contributed by atoms with van der Waals surface area (Å²) in [6.07, 6.45) is 0.549. The molecule has 8 nitrogen and oxygen atoms in total. The summed E-state index contributed by atoms with van der Waals surface area (Å²) < 4.78 is 16.2. The van der Waals surface area contributed by atoms with E-state index in [4.69, 9.17) is 19.3 Å². The van der Waals surface area contributed by atoms with Gasteiger partial charge in [-0.05, 0) is 24.3 Å². The third-order valence-corrected chi connectivity index (χ3v) is 3.45. The van der Waals surface area contributed by atoms with Crippen molar-refractivity contribution in [1.82, 2.24) is 5.43 Å². The smallest absolute Gasteiger partial charge is 0.341 e. The molecule has 3 rings (SSSR count). The van der Waals surface area contributed by atoms with E-state index in [2.05, 4.69) is 10.5 Å². The second-order valence-corrected chi connectivity index (χ2v) is 5.32. The highest BCUT2D eigenvalue weighted by Crippen LogP contribution is 2.30. The number of aliphatic carboxylic acids is 1. The van der Waals surface area contributed by atoms with Gasteiger partial charge in [-0.3, -0.25) is 4.79 Å². The van der Waals surface area contributed by atoms with Crippen LogP contribution in [-0.4, -0.2) is 42.5 Å². The fourth-order valence-corrected chi connectivity index (χ4v) is 2.24. The molecule has 134 valence electrons. The van der Waals surface area contributed by atoms with Crippen LogP contribution in [0.3, 0.4) is 0 Å². The van der Waals surface area contributed by atoms with Crippen LogP contribution in [0.2, 0.25) is 0 Å². The van der Waals surface area contributed by atoms with Gasteiger partial charge in [-0.2, -0.15) is 5.10 Å². The van der Waals surface area contributed by atoms with Crippen LogP contribution in [-0.2, 0) is 9.59 Å². The van der Waals surface area contributed by atoms with Crippen LogP contribution in [0.15, 0.2) is 53.6 Å². The average molecular weight is 356 g/mol. The van der Waals surface area contributed by atoms with Gasteiger partial charge in [0.05, 0.1) is 6.21 Å². The molecule has 1 atom stereocenters. The molecule has 2 N–H and O–H groups in total. The van der Waals surface area contributed by atoms with Crippen LogP contribution in [0.4, 0.5) is 0 Å².